The van der Waals surface area contributed by atoms with Gasteiger partial charge in [-0.2, -0.15) is 13.2 Å². The summed E-state index contributed by atoms with van der Waals surface area (Å²) in [4.78, 5) is 38.0. The number of carbonyl (C=O) groups excluding carboxylic acids is 1. The van der Waals surface area contributed by atoms with Gasteiger partial charge >= 0.3 is 6.18 Å². The molecule has 0 bridgehead atoms. The number of anilines is 2. The molecule has 1 fully saturated rings. The number of piperazine rings is 1. The first kappa shape index (κ1) is 36.8. The molecule has 0 saturated carbocycles. The smallest absolute Gasteiger partial charge is 0.384 e. The maximum Gasteiger partial charge on any atom is 0.418 e. The van der Waals surface area contributed by atoms with Crippen molar-refractivity contribution in [1.29, 1.82) is 0 Å². The molecule has 1 aliphatic rings. The Morgan fingerprint density at radius 2 is 1.72 bits per heavy atom. The predicted octanol–water partition coefficient (Wildman–Crippen LogP) is 6.21. The van der Waals surface area contributed by atoms with Gasteiger partial charge in [0.1, 0.15) is 5.82 Å². The van der Waals surface area contributed by atoms with Crippen molar-refractivity contribution < 1.29 is 30.8 Å². The van der Waals surface area contributed by atoms with Crippen molar-refractivity contribution in [2.75, 3.05) is 43.1 Å². The maximum atomic E-state index is 17.5. The number of nitrogens with two attached hydrogens (primary N) is 1. The summed E-state index contributed by atoms with van der Waals surface area (Å²) in [7, 11) is -4.38. The second kappa shape index (κ2) is 13.3. The van der Waals surface area contributed by atoms with Crippen LogP contribution in [-0.2, 0) is 20.8 Å². The Hall–Kier alpha value is -4.50. The molecule has 0 spiro atoms. The van der Waals surface area contributed by atoms with Crippen molar-refractivity contribution in [2.24, 2.45) is 0 Å². The van der Waals surface area contributed by atoms with Crippen LogP contribution in [0.25, 0.3) is 27.8 Å². The number of nitrogen functional groups attached to an aromatic ring is 1. The Kier molecular flexibility index (Phi) is 9.80. The van der Waals surface area contributed by atoms with E-state index in [1.54, 1.807) is 44.7 Å². The number of fused-ring (bicyclic) bond motifs is 1. The van der Waals surface area contributed by atoms with Gasteiger partial charge in [-0.1, -0.05) is 31.5 Å². The monoisotopic (exact) mass is 734 g/mol. The standard InChI is InChI=1S/C34H35ClF4N6O4S/c1-7-8-23(46)43-11-13-44(14-12-43)31-20-16-21(35)24(28-25(34(37,38)39)19(5)15-22(40)42-28)26(36)30(20)45(33(47)32(31)50(6,48)49)29-18(4)9-10-41-27(29)17(2)3/h7-10,15-17H,11-14H2,1-6H3,(H2,40,42)/b8-7+. The van der Waals surface area contributed by atoms with Crippen LogP contribution in [0.15, 0.2) is 46.2 Å². The third kappa shape index (κ3) is 6.43. The molecular formula is C34H35ClF4N6O4S. The highest BCUT2D eigenvalue weighted by molar-refractivity contribution is 7.90. The number of nitrogens with zero attached hydrogens (tertiary/aromatic N) is 5. The fraction of sp³-hybridized carbons (Fsp3) is 0.353. The minimum Gasteiger partial charge on any atom is -0.384 e. The van der Waals surface area contributed by atoms with Crippen molar-refractivity contribution in [2.45, 2.75) is 51.6 Å². The van der Waals surface area contributed by atoms with E-state index >= 15 is 4.39 Å². The highest BCUT2D eigenvalue weighted by Crippen LogP contribution is 2.46. The van der Waals surface area contributed by atoms with Crippen LogP contribution in [-0.4, -0.2) is 66.2 Å². The first-order chi connectivity index (χ1) is 23.3. The van der Waals surface area contributed by atoms with Gasteiger partial charge in [-0.05, 0) is 62.1 Å². The minimum atomic E-state index is -5.01. The number of pyridine rings is 3. The van der Waals surface area contributed by atoms with E-state index in [2.05, 4.69) is 9.97 Å². The van der Waals surface area contributed by atoms with Crippen LogP contribution in [0, 0.1) is 19.7 Å². The molecule has 1 aliphatic heterocycles. The summed E-state index contributed by atoms with van der Waals surface area (Å²) < 4.78 is 89.1. The zero-order valence-electron chi connectivity index (χ0n) is 28.1. The van der Waals surface area contributed by atoms with Gasteiger partial charge in [-0.3, -0.25) is 19.1 Å². The molecule has 4 heterocycles. The lowest BCUT2D eigenvalue weighted by Gasteiger charge is -2.37. The molecule has 1 amide bonds. The lowest BCUT2D eigenvalue weighted by Crippen LogP contribution is -2.49. The van der Waals surface area contributed by atoms with Crippen LogP contribution in [0.3, 0.4) is 0 Å². The summed E-state index contributed by atoms with van der Waals surface area (Å²) >= 11 is 6.68. The van der Waals surface area contributed by atoms with Crippen molar-refractivity contribution in [3.05, 3.63) is 80.1 Å². The molecule has 1 aromatic carbocycles. The molecule has 5 rings (SSSR count). The fourth-order valence-corrected chi connectivity index (χ4v) is 7.71. The average molecular weight is 735 g/mol. The summed E-state index contributed by atoms with van der Waals surface area (Å²) in [5, 5.41) is -0.686. The van der Waals surface area contributed by atoms with E-state index in [9.17, 15) is 31.2 Å². The number of alkyl halides is 3. The fourth-order valence-electron chi connectivity index (χ4n) is 6.43. The molecule has 50 heavy (non-hydrogen) atoms. The van der Waals surface area contributed by atoms with E-state index in [-0.39, 0.29) is 66.1 Å². The first-order valence-electron chi connectivity index (χ1n) is 15.6. The lowest BCUT2D eigenvalue weighted by molar-refractivity contribution is -0.137. The van der Waals surface area contributed by atoms with Gasteiger partial charge in [-0.15, -0.1) is 0 Å². The molecule has 266 valence electrons. The first-order valence-corrected chi connectivity index (χ1v) is 17.8. The number of benzene rings is 1. The van der Waals surface area contributed by atoms with Crippen LogP contribution in [0.1, 0.15) is 49.1 Å². The molecule has 0 radical (unpaired) electrons. The third-order valence-corrected chi connectivity index (χ3v) is 9.96. The number of sulfone groups is 1. The molecule has 0 atom stereocenters. The van der Waals surface area contributed by atoms with Gasteiger partial charge in [0, 0.05) is 44.0 Å². The normalized spacial score (nSPS) is 14.4. The van der Waals surface area contributed by atoms with Crippen molar-refractivity contribution in [1.82, 2.24) is 19.4 Å². The van der Waals surface area contributed by atoms with Crippen LogP contribution < -0.4 is 16.2 Å². The minimum absolute atomic E-state index is 0.0444. The van der Waals surface area contributed by atoms with Gasteiger partial charge in [0.2, 0.25) is 5.91 Å². The zero-order chi connectivity index (χ0) is 37.0. The lowest BCUT2D eigenvalue weighted by atomic mass is 9.97. The number of amides is 1. The largest absolute Gasteiger partial charge is 0.418 e. The van der Waals surface area contributed by atoms with Crippen LogP contribution in [0.4, 0.5) is 29.1 Å². The number of aromatic nitrogens is 3. The van der Waals surface area contributed by atoms with Gasteiger partial charge < -0.3 is 15.5 Å². The molecule has 0 aliphatic carbocycles. The van der Waals surface area contributed by atoms with Gasteiger partial charge in [-0.25, -0.2) is 17.8 Å². The summed E-state index contributed by atoms with van der Waals surface area (Å²) in [5.41, 5.74) is 1.52. The van der Waals surface area contributed by atoms with E-state index in [1.807, 2.05) is 0 Å². The third-order valence-electron chi connectivity index (χ3n) is 8.55. The highest BCUT2D eigenvalue weighted by Gasteiger charge is 2.40. The molecule has 0 unspecified atom stereocenters. The second-order valence-corrected chi connectivity index (χ2v) is 14.8. The molecule has 10 nitrogen and oxygen atoms in total. The number of hydrogen-bond acceptors (Lipinski definition) is 8. The van der Waals surface area contributed by atoms with Crippen LogP contribution >= 0.6 is 11.6 Å². The molecule has 16 heteroatoms. The van der Waals surface area contributed by atoms with E-state index in [0.29, 0.717) is 11.3 Å². The summed E-state index contributed by atoms with van der Waals surface area (Å²) in [6.45, 7) is 8.35. The Morgan fingerprint density at radius 1 is 1.08 bits per heavy atom. The SMILES string of the molecule is C/C=C/C(=O)N1CCN(c2c(S(C)(=O)=O)c(=O)n(-c3c(C)ccnc3C(C)C)c3c(F)c(-c4nc(N)cc(C)c4C(F)(F)F)c(Cl)cc23)CC1. The van der Waals surface area contributed by atoms with Crippen molar-refractivity contribution in [3.63, 3.8) is 0 Å². The molecular weight excluding hydrogens is 700 g/mol. The highest BCUT2D eigenvalue weighted by atomic mass is 35.5. The summed E-state index contributed by atoms with van der Waals surface area (Å²) in [6, 6.07) is 3.70. The Morgan fingerprint density at radius 3 is 2.28 bits per heavy atom. The van der Waals surface area contributed by atoms with Gasteiger partial charge in [0.05, 0.1) is 44.4 Å². The molecule has 1 saturated heterocycles. The van der Waals surface area contributed by atoms with Crippen LogP contribution in [0.2, 0.25) is 5.02 Å². The average Bonchev–Trinajstić information content (AvgIpc) is 2.99. The van der Waals surface area contributed by atoms with Gasteiger partial charge in [0.25, 0.3) is 5.56 Å². The number of allylic oxidation sites excluding steroid dienone is 1. The summed E-state index contributed by atoms with van der Waals surface area (Å²) in [5.74, 6) is -2.31. The van der Waals surface area contributed by atoms with Crippen molar-refractivity contribution in [3.8, 4) is 16.9 Å². The molecule has 3 aromatic heterocycles. The predicted molar refractivity (Wildman–Crippen MR) is 185 cm³/mol. The van der Waals surface area contributed by atoms with E-state index < -0.39 is 59.6 Å². The topological polar surface area (TPSA) is 131 Å². The van der Waals surface area contributed by atoms with Gasteiger partial charge in [0.15, 0.2) is 20.5 Å². The Labute approximate surface area is 291 Å². The van der Waals surface area contributed by atoms with E-state index in [4.69, 9.17) is 17.3 Å². The second-order valence-electron chi connectivity index (χ2n) is 12.4. The number of aryl methyl sites for hydroxylation is 2. The molecule has 4 aromatic rings. The molecule has 2 N–H and O–H groups in total. The summed E-state index contributed by atoms with van der Waals surface area (Å²) in [6.07, 6.45) is 0.281. The van der Waals surface area contributed by atoms with E-state index in [0.717, 1.165) is 29.9 Å². The maximum absolute atomic E-state index is 17.5. The van der Waals surface area contributed by atoms with Crippen LogP contribution in [0.5, 0.6) is 0 Å². The number of carbonyl (C=O) groups is 1. The zero-order valence-corrected chi connectivity index (χ0v) is 29.7. The number of rotatable bonds is 6. The quantitative estimate of drug-likeness (QED) is 0.183. The van der Waals surface area contributed by atoms with Crippen molar-refractivity contribution >= 4 is 49.8 Å². The number of hydrogen-bond donors (Lipinski definition) is 1. The Balaban J connectivity index is 2.01. The number of halogens is 5. The Bertz CT molecular complexity index is 2250. The van der Waals surface area contributed by atoms with E-state index in [1.165, 1.54) is 17.2 Å².